The van der Waals surface area contributed by atoms with Gasteiger partial charge in [0.1, 0.15) is 5.82 Å². The molecule has 2 heterocycles. The summed E-state index contributed by atoms with van der Waals surface area (Å²) in [5.74, 6) is -0.199. The summed E-state index contributed by atoms with van der Waals surface area (Å²) >= 11 is 0. The first-order chi connectivity index (χ1) is 12.7. The van der Waals surface area contributed by atoms with Crippen LogP contribution in [-0.2, 0) is 22.4 Å². The van der Waals surface area contributed by atoms with Gasteiger partial charge in [0.25, 0.3) is 5.56 Å². The number of carbonyl (C=O) groups is 2. The Morgan fingerprint density at radius 1 is 1.37 bits per heavy atom. The van der Waals surface area contributed by atoms with E-state index in [2.05, 4.69) is 14.9 Å². The molecule has 0 aromatic carbocycles. The van der Waals surface area contributed by atoms with Gasteiger partial charge in [-0.3, -0.25) is 14.4 Å². The molecule has 1 aliphatic rings. The van der Waals surface area contributed by atoms with Crippen molar-refractivity contribution < 1.29 is 14.7 Å². The standard InChI is InChI=1S/C19H30N4O4/c1-5-16-20-12(2)14(19(27)21-16)10-17(24)23-9-8-15(22(3)4)13(11-23)6-7-18(25)26/h13,15H,5-11H2,1-4H3,(H,25,26)(H,20,21,27)/t13-,15+/m0/s1. The van der Waals surface area contributed by atoms with Crippen LogP contribution in [0.5, 0.6) is 0 Å². The fourth-order valence-corrected chi connectivity index (χ4v) is 3.83. The maximum atomic E-state index is 12.8. The molecule has 2 atom stereocenters. The van der Waals surface area contributed by atoms with Crippen molar-refractivity contribution >= 4 is 11.9 Å². The molecule has 150 valence electrons. The number of hydrogen-bond acceptors (Lipinski definition) is 5. The zero-order valence-electron chi connectivity index (χ0n) is 16.6. The molecule has 1 aromatic heterocycles. The van der Waals surface area contributed by atoms with E-state index in [4.69, 9.17) is 5.11 Å². The zero-order valence-corrected chi connectivity index (χ0v) is 16.6. The second kappa shape index (κ2) is 9.12. The number of piperidine rings is 1. The summed E-state index contributed by atoms with van der Waals surface area (Å²) < 4.78 is 0. The maximum Gasteiger partial charge on any atom is 0.303 e. The van der Waals surface area contributed by atoms with Gasteiger partial charge < -0.3 is 19.9 Å². The predicted octanol–water partition coefficient (Wildman–Crippen LogP) is 0.827. The lowest BCUT2D eigenvalue weighted by Crippen LogP contribution is -2.51. The molecule has 1 aliphatic heterocycles. The number of nitrogens with one attached hydrogen (secondary N) is 1. The number of aromatic amines is 1. The second-order valence-electron chi connectivity index (χ2n) is 7.46. The minimum absolute atomic E-state index is 0.0242. The minimum atomic E-state index is -0.819. The van der Waals surface area contributed by atoms with Crippen molar-refractivity contribution in [3.05, 3.63) is 27.4 Å². The van der Waals surface area contributed by atoms with Crippen molar-refractivity contribution in [1.29, 1.82) is 0 Å². The highest BCUT2D eigenvalue weighted by molar-refractivity contribution is 5.79. The van der Waals surface area contributed by atoms with Crippen LogP contribution in [0.1, 0.15) is 43.3 Å². The van der Waals surface area contributed by atoms with Crippen LogP contribution in [0.4, 0.5) is 0 Å². The number of rotatable bonds is 7. The highest BCUT2D eigenvalue weighted by Gasteiger charge is 2.33. The van der Waals surface area contributed by atoms with Gasteiger partial charge in [-0.25, -0.2) is 4.98 Å². The van der Waals surface area contributed by atoms with E-state index >= 15 is 0 Å². The Morgan fingerprint density at radius 2 is 2.07 bits per heavy atom. The monoisotopic (exact) mass is 378 g/mol. The van der Waals surface area contributed by atoms with Crippen molar-refractivity contribution in [3.8, 4) is 0 Å². The van der Waals surface area contributed by atoms with E-state index in [-0.39, 0.29) is 36.3 Å². The Bertz CT molecular complexity index is 744. The van der Waals surface area contributed by atoms with Gasteiger partial charge in [0.15, 0.2) is 0 Å². The van der Waals surface area contributed by atoms with Crippen LogP contribution in [0.3, 0.4) is 0 Å². The lowest BCUT2D eigenvalue weighted by atomic mass is 9.87. The smallest absolute Gasteiger partial charge is 0.303 e. The Hall–Kier alpha value is -2.22. The fraction of sp³-hybridized carbons (Fsp3) is 0.684. The minimum Gasteiger partial charge on any atom is -0.481 e. The van der Waals surface area contributed by atoms with Crippen molar-refractivity contribution in [2.24, 2.45) is 5.92 Å². The van der Waals surface area contributed by atoms with Gasteiger partial charge in [-0.2, -0.15) is 0 Å². The van der Waals surface area contributed by atoms with E-state index in [1.165, 1.54) is 0 Å². The molecule has 2 rings (SSSR count). The quantitative estimate of drug-likeness (QED) is 0.728. The van der Waals surface area contributed by atoms with Crippen molar-refractivity contribution in [2.45, 2.75) is 52.0 Å². The van der Waals surface area contributed by atoms with Gasteiger partial charge in [0.05, 0.1) is 6.42 Å². The summed E-state index contributed by atoms with van der Waals surface area (Å²) in [6.45, 7) is 4.80. The molecule has 1 saturated heterocycles. The van der Waals surface area contributed by atoms with Gasteiger partial charge in [-0.15, -0.1) is 0 Å². The van der Waals surface area contributed by atoms with Gasteiger partial charge in [-0.1, -0.05) is 6.92 Å². The highest BCUT2D eigenvalue weighted by Crippen LogP contribution is 2.25. The predicted molar refractivity (Wildman–Crippen MR) is 102 cm³/mol. The number of amides is 1. The van der Waals surface area contributed by atoms with Crippen LogP contribution in [0.25, 0.3) is 0 Å². The Balaban J connectivity index is 2.10. The first-order valence-corrected chi connectivity index (χ1v) is 9.47. The molecular formula is C19H30N4O4. The summed E-state index contributed by atoms with van der Waals surface area (Å²) in [6.07, 6.45) is 2.09. The fourth-order valence-electron chi connectivity index (χ4n) is 3.83. The van der Waals surface area contributed by atoms with E-state index in [0.29, 0.717) is 43.0 Å². The molecule has 0 saturated carbocycles. The number of likely N-dealkylation sites (tertiary alicyclic amines) is 1. The van der Waals surface area contributed by atoms with Gasteiger partial charge in [0, 0.05) is 43.2 Å². The summed E-state index contributed by atoms with van der Waals surface area (Å²) in [7, 11) is 3.97. The number of nitrogens with zero attached hydrogens (tertiary/aromatic N) is 3. The van der Waals surface area contributed by atoms with E-state index in [0.717, 1.165) is 6.42 Å². The van der Waals surface area contributed by atoms with E-state index in [1.54, 1.807) is 11.8 Å². The molecule has 1 amide bonds. The molecular weight excluding hydrogens is 348 g/mol. The first kappa shape index (κ1) is 21.1. The molecule has 27 heavy (non-hydrogen) atoms. The van der Waals surface area contributed by atoms with Crippen LogP contribution >= 0.6 is 0 Å². The Morgan fingerprint density at radius 3 is 2.63 bits per heavy atom. The van der Waals surface area contributed by atoms with Crippen molar-refractivity contribution in [1.82, 2.24) is 19.8 Å². The normalized spacial score (nSPS) is 20.1. The topological polar surface area (TPSA) is 107 Å². The van der Waals surface area contributed by atoms with E-state index < -0.39 is 5.97 Å². The third kappa shape index (κ3) is 5.38. The Kier molecular flexibility index (Phi) is 7.12. The number of hydrogen-bond donors (Lipinski definition) is 2. The molecule has 0 aliphatic carbocycles. The molecule has 1 aromatic rings. The Labute approximate surface area is 159 Å². The van der Waals surface area contributed by atoms with Crippen LogP contribution < -0.4 is 5.56 Å². The molecule has 8 nitrogen and oxygen atoms in total. The molecule has 0 spiro atoms. The third-order valence-corrected chi connectivity index (χ3v) is 5.37. The third-order valence-electron chi connectivity index (χ3n) is 5.37. The largest absolute Gasteiger partial charge is 0.481 e. The average Bonchev–Trinajstić information content (AvgIpc) is 2.62. The first-order valence-electron chi connectivity index (χ1n) is 9.47. The van der Waals surface area contributed by atoms with Crippen LogP contribution in [0.15, 0.2) is 4.79 Å². The number of carboxylic acid groups (broad SMARTS) is 1. The van der Waals surface area contributed by atoms with Crippen molar-refractivity contribution in [2.75, 3.05) is 27.2 Å². The van der Waals surface area contributed by atoms with Gasteiger partial charge in [0.2, 0.25) is 5.91 Å². The SMILES string of the molecule is CCc1nc(C)c(CC(=O)N2CC[C@@H](N(C)C)[C@@H](CCC(=O)O)C2)c(=O)[nH]1. The lowest BCUT2D eigenvalue weighted by molar-refractivity contribution is -0.137. The maximum absolute atomic E-state index is 12.8. The summed E-state index contributed by atoms with van der Waals surface area (Å²) in [5.41, 5.74) is 0.752. The number of aryl methyl sites for hydroxylation is 2. The summed E-state index contributed by atoms with van der Waals surface area (Å²) in [4.78, 5) is 47.0. The number of carboxylic acids is 1. The average molecular weight is 378 g/mol. The summed E-state index contributed by atoms with van der Waals surface area (Å²) in [5, 5.41) is 9.00. The number of carbonyl (C=O) groups excluding carboxylic acids is 1. The number of aromatic nitrogens is 2. The highest BCUT2D eigenvalue weighted by atomic mass is 16.4. The van der Waals surface area contributed by atoms with Crippen molar-refractivity contribution in [3.63, 3.8) is 0 Å². The van der Waals surface area contributed by atoms with E-state index in [1.807, 2.05) is 21.0 Å². The molecule has 8 heteroatoms. The molecule has 0 bridgehead atoms. The van der Waals surface area contributed by atoms with Crippen LogP contribution in [-0.4, -0.2) is 70.0 Å². The lowest BCUT2D eigenvalue weighted by Gasteiger charge is -2.41. The number of aliphatic carboxylic acids is 1. The zero-order chi connectivity index (χ0) is 20.1. The molecule has 0 radical (unpaired) electrons. The summed E-state index contributed by atoms with van der Waals surface area (Å²) in [6, 6.07) is 0.254. The number of H-pyrrole nitrogens is 1. The molecule has 0 unspecified atom stereocenters. The molecule has 2 N–H and O–H groups in total. The van der Waals surface area contributed by atoms with E-state index in [9.17, 15) is 14.4 Å². The second-order valence-corrected chi connectivity index (χ2v) is 7.46. The van der Waals surface area contributed by atoms with Gasteiger partial charge >= 0.3 is 5.97 Å². The molecule has 1 fully saturated rings. The van der Waals surface area contributed by atoms with Crippen LogP contribution in [0.2, 0.25) is 0 Å². The van der Waals surface area contributed by atoms with Gasteiger partial charge in [-0.05, 0) is 39.8 Å². The van der Waals surface area contributed by atoms with Crippen LogP contribution in [0, 0.1) is 12.8 Å².